The van der Waals surface area contributed by atoms with Gasteiger partial charge in [-0.2, -0.15) is 0 Å². The lowest BCUT2D eigenvalue weighted by atomic mass is 10.1. The minimum atomic E-state index is 0.0373. The van der Waals surface area contributed by atoms with E-state index in [0.29, 0.717) is 5.69 Å². The molecule has 0 unspecified atom stereocenters. The third kappa shape index (κ3) is 2.29. The molecule has 0 N–H and O–H groups in total. The molecule has 2 aromatic heterocycles. The van der Waals surface area contributed by atoms with Crippen molar-refractivity contribution < 1.29 is 4.79 Å². The predicted molar refractivity (Wildman–Crippen MR) is 67.4 cm³/mol. The fourth-order valence-electron chi connectivity index (χ4n) is 1.74. The Morgan fingerprint density at radius 1 is 1.47 bits per heavy atom. The first-order chi connectivity index (χ1) is 8.27. The predicted octanol–water partition coefficient (Wildman–Crippen LogP) is 2.54. The molecule has 2 heterocycles. The highest BCUT2D eigenvalue weighted by Gasteiger charge is 2.18. The van der Waals surface area contributed by atoms with E-state index in [1.54, 1.807) is 10.9 Å². The molecule has 17 heavy (non-hydrogen) atoms. The highest BCUT2D eigenvalue weighted by Crippen LogP contribution is 2.21. The minimum absolute atomic E-state index is 0.0373. The molecule has 4 nitrogen and oxygen atoms in total. The van der Waals surface area contributed by atoms with Crippen LogP contribution in [-0.4, -0.2) is 20.8 Å². The number of nitrogens with zero attached hydrogens (tertiary/aromatic N) is 3. The summed E-state index contributed by atoms with van der Waals surface area (Å²) in [5.74, 6) is 0.0373. The van der Waals surface area contributed by atoms with Crippen molar-refractivity contribution in [1.29, 1.82) is 0 Å². The summed E-state index contributed by atoms with van der Waals surface area (Å²) in [4.78, 5) is 13.2. The van der Waals surface area contributed by atoms with E-state index in [1.807, 2.05) is 11.4 Å². The zero-order valence-corrected chi connectivity index (χ0v) is 10.8. The standard InChI is InChI=1S/C12H15N3OS/c1-3-6-15-10(8-13-14-15)11(16)12-9(4-2)5-7-17-12/h5,7-8H,3-4,6H2,1-2H3. The van der Waals surface area contributed by atoms with E-state index in [9.17, 15) is 4.79 Å². The van der Waals surface area contributed by atoms with Gasteiger partial charge in [-0.05, 0) is 29.9 Å². The quantitative estimate of drug-likeness (QED) is 0.765. The third-order valence-electron chi connectivity index (χ3n) is 2.62. The van der Waals surface area contributed by atoms with Gasteiger partial charge in [0.15, 0.2) is 0 Å². The fraction of sp³-hybridized carbons (Fsp3) is 0.417. The number of aryl methyl sites for hydroxylation is 2. The van der Waals surface area contributed by atoms with Crippen molar-refractivity contribution in [3.8, 4) is 0 Å². The second-order valence-corrected chi connectivity index (χ2v) is 4.72. The highest BCUT2D eigenvalue weighted by atomic mass is 32.1. The van der Waals surface area contributed by atoms with Gasteiger partial charge < -0.3 is 0 Å². The maximum absolute atomic E-state index is 12.4. The van der Waals surface area contributed by atoms with Gasteiger partial charge in [-0.15, -0.1) is 16.4 Å². The Bertz CT molecular complexity index is 515. The first kappa shape index (κ1) is 12.0. The molecule has 0 aliphatic rings. The number of ketones is 1. The van der Waals surface area contributed by atoms with Crippen LogP contribution in [0.5, 0.6) is 0 Å². The first-order valence-electron chi connectivity index (χ1n) is 5.77. The van der Waals surface area contributed by atoms with Gasteiger partial charge in [0.1, 0.15) is 5.69 Å². The molecular weight excluding hydrogens is 234 g/mol. The van der Waals surface area contributed by atoms with Crippen molar-refractivity contribution in [2.75, 3.05) is 0 Å². The maximum Gasteiger partial charge on any atom is 0.222 e. The normalized spacial score (nSPS) is 10.7. The monoisotopic (exact) mass is 249 g/mol. The molecule has 0 spiro atoms. The van der Waals surface area contributed by atoms with Crippen LogP contribution in [0, 0.1) is 0 Å². The molecule has 0 amide bonds. The molecule has 0 saturated carbocycles. The van der Waals surface area contributed by atoms with E-state index in [2.05, 4.69) is 24.2 Å². The number of aromatic nitrogens is 3. The summed E-state index contributed by atoms with van der Waals surface area (Å²) in [6, 6.07) is 2.01. The van der Waals surface area contributed by atoms with Crippen molar-refractivity contribution in [3.63, 3.8) is 0 Å². The molecule has 2 aromatic rings. The molecule has 0 aliphatic heterocycles. The molecule has 0 atom stereocenters. The SMILES string of the molecule is CCCn1nncc1C(=O)c1sccc1CC. The third-order valence-corrected chi connectivity index (χ3v) is 3.58. The highest BCUT2D eigenvalue weighted by molar-refractivity contribution is 7.12. The lowest BCUT2D eigenvalue weighted by Gasteiger charge is -2.03. The van der Waals surface area contributed by atoms with Crippen molar-refractivity contribution in [2.45, 2.75) is 33.2 Å². The zero-order chi connectivity index (χ0) is 12.3. The van der Waals surface area contributed by atoms with Crippen molar-refractivity contribution in [1.82, 2.24) is 15.0 Å². The molecule has 0 saturated heterocycles. The summed E-state index contributed by atoms with van der Waals surface area (Å²) in [6.45, 7) is 4.84. The minimum Gasteiger partial charge on any atom is -0.286 e. The lowest BCUT2D eigenvalue weighted by Crippen LogP contribution is -2.11. The second kappa shape index (κ2) is 5.23. The molecule has 0 radical (unpaired) electrons. The Morgan fingerprint density at radius 2 is 2.29 bits per heavy atom. The summed E-state index contributed by atoms with van der Waals surface area (Å²) in [5.41, 5.74) is 1.69. The maximum atomic E-state index is 12.4. The number of carbonyl (C=O) groups is 1. The summed E-state index contributed by atoms with van der Waals surface area (Å²) >= 11 is 1.49. The van der Waals surface area contributed by atoms with Gasteiger partial charge in [0.25, 0.3) is 0 Å². The lowest BCUT2D eigenvalue weighted by molar-refractivity contribution is 0.103. The van der Waals surface area contributed by atoms with E-state index < -0.39 is 0 Å². The van der Waals surface area contributed by atoms with Gasteiger partial charge in [0.05, 0.1) is 11.1 Å². The Balaban J connectivity index is 2.34. The molecule has 90 valence electrons. The topological polar surface area (TPSA) is 47.8 Å². The summed E-state index contributed by atoms with van der Waals surface area (Å²) < 4.78 is 1.68. The van der Waals surface area contributed by atoms with Crippen LogP contribution in [0.3, 0.4) is 0 Å². The van der Waals surface area contributed by atoms with Crippen LogP contribution in [0.25, 0.3) is 0 Å². The Labute approximate surface area is 104 Å². The van der Waals surface area contributed by atoms with E-state index in [1.165, 1.54) is 11.3 Å². The van der Waals surface area contributed by atoms with E-state index in [0.717, 1.165) is 29.8 Å². The molecule has 0 fully saturated rings. The van der Waals surface area contributed by atoms with Crippen molar-refractivity contribution >= 4 is 17.1 Å². The van der Waals surface area contributed by atoms with Gasteiger partial charge in [0.2, 0.25) is 5.78 Å². The van der Waals surface area contributed by atoms with E-state index >= 15 is 0 Å². The van der Waals surface area contributed by atoms with Crippen molar-refractivity contribution in [2.24, 2.45) is 0 Å². The number of carbonyl (C=O) groups excluding carboxylic acids is 1. The molecular formula is C12H15N3OS. The summed E-state index contributed by atoms with van der Waals surface area (Å²) in [7, 11) is 0. The number of rotatable bonds is 5. The molecule has 0 bridgehead atoms. The van der Waals surface area contributed by atoms with Gasteiger partial charge in [0, 0.05) is 6.54 Å². The van der Waals surface area contributed by atoms with Crippen LogP contribution in [0.15, 0.2) is 17.6 Å². The smallest absolute Gasteiger partial charge is 0.222 e. The van der Waals surface area contributed by atoms with Crippen LogP contribution >= 0.6 is 11.3 Å². The van der Waals surface area contributed by atoms with Crippen LogP contribution in [-0.2, 0) is 13.0 Å². The van der Waals surface area contributed by atoms with Gasteiger partial charge >= 0.3 is 0 Å². The van der Waals surface area contributed by atoms with Crippen LogP contribution in [0.4, 0.5) is 0 Å². The van der Waals surface area contributed by atoms with E-state index in [-0.39, 0.29) is 5.78 Å². The average Bonchev–Trinajstić information content (AvgIpc) is 2.96. The van der Waals surface area contributed by atoms with Crippen LogP contribution in [0.2, 0.25) is 0 Å². The van der Waals surface area contributed by atoms with Gasteiger partial charge in [-0.25, -0.2) is 4.68 Å². The molecule has 0 aromatic carbocycles. The number of hydrogen-bond acceptors (Lipinski definition) is 4. The summed E-state index contributed by atoms with van der Waals surface area (Å²) in [6.07, 6.45) is 3.37. The summed E-state index contributed by atoms with van der Waals surface area (Å²) in [5, 5.41) is 9.73. The second-order valence-electron chi connectivity index (χ2n) is 3.80. The van der Waals surface area contributed by atoms with Crippen molar-refractivity contribution in [3.05, 3.63) is 33.8 Å². The number of hydrogen-bond donors (Lipinski definition) is 0. The van der Waals surface area contributed by atoms with Crippen LogP contribution < -0.4 is 0 Å². The zero-order valence-electron chi connectivity index (χ0n) is 10.0. The fourth-order valence-corrected chi connectivity index (χ4v) is 2.68. The Kier molecular flexibility index (Phi) is 3.68. The van der Waals surface area contributed by atoms with Crippen LogP contribution in [0.1, 0.15) is 41.2 Å². The largest absolute Gasteiger partial charge is 0.286 e. The van der Waals surface area contributed by atoms with Gasteiger partial charge in [-0.3, -0.25) is 4.79 Å². The Morgan fingerprint density at radius 3 is 3.00 bits per heavy atom. The Hall–Kier alpha value is -1.49. The molecule has 5 heteroatoms. The first-order valence-corrected chi connectivity index (χ1v) is 6.65. The van der Waals surface area contributed by atoms with Gasteiger partial charge in [-0.1, -0.05) is 19.1 Å². The van der Waals surface area contributed by atoms with E-state index in [4.69, 9.17) is 0 Å². The average molecular weight is 249 g/mol. The molecule has 2 rings (SSSR count). The molecule has 0 aliphatic carbocycles. The number of thiophene rings is 1.